The second-order valence-electron chi connectivity index (χ2n) is 16.7. The summed E-state index contributed by atoms with van der Waals surface area (Å²) < 4.78 is 0. The lowest BCUT2D eigenvalue weighted by Crippen LogP contribution is -2.25. The molecule has 1 nitrogen and oxygen atoms in total. The lowest BCUT2D eigenvalue weighted by Gasteiger charge is -2.31. The number of rotatable bonds is 5. The molecule has 2 aliphatic rings. The SMILES string of the molecule is c1ccc(-c2ccc(-c3ccccc3N(c3ccc4c(c3)-c3ccccc3C43c4ccccc4-c4ccccc43)c3ccc4c5ccccc5c5ccccc5c4c3)cc2)cc1. The van der Waals surface area contributed by atoms with Crippen LogP contribution in [0.5, 0.6) is 0 Å². The third-order valence-electron chi connectivity index (χ3n) is 13.7. The van der Waals surface area contributed by atoms with E-state index >= 15 is 0 Å². The zero-order chi connectivity index (χ0) is 40.8. The molecule has 0 amide bonds. The van der Waals surface area contributed by atoms with Crippen molar-refractivity contribution in [1.82, 2.24) is 0 Å². The maximum atomic E-state index is 2.49. The van der Waals surface area contributed by atoms with Crippen molar-refractivity contribution in [2.24, 2.45) is 0 Å². The minimum absolute atomic E-state index is 0.399. The molecule has 0 saturated carbocycles. The van der Waals surface area contributed by atoms with E-state index in [1.165, 1.54) is 99.1 Å². The van der Waals surface area contributed by atoms with Crippen molar-refractivity contribution in [3.63, 3.8) is 0 Å². The van der Waals surface area contributed by atoms with Gasteiger partial charge in [-0.3, -0.25) is 0 Å². The fourth-order valence-corrected chi connectivity index (χ4v) is 11.1. The molecule has 1 spiro atoms. The third kappa shape index (κ3) is 4.91. The molecule has 0 unspecified atom stereocenters. The van der Waals surface area contributed by atoms with Gasteiger partial charge in [0.2, 0.25) is 0 Å². The number of anilines is 3. The Balaban J connectivity index is 1.07. The molecule has 62 heavy (non-hydrogen) atoms. The largest absolute Gasteiger partial charge is 0.310 e. The second-order valence-corrected chi connectivity index (χ2v) is 16.7. The third-order valence-corrected chi connectivity index (χ3v) is 13.7. The summed E-state index contributed by atoms with van der Waals surface area (Å²) in [5.41, 5.74) is 18.3. The van der Waals surface area contributed by atoms with Gasteiger partial charge in [0.05, 0.1) is 11.1 Å². The van der Waals surface area contributed by atoms with Gasteiger partial charge >= 0.3 is 0 Å². The summed E-state index contributed by atoms with van der Waals surface area (Å²) in [6.45, 7) is 0. The van der Waals surface area contributed by atoms with Gasteiger partial charge in [-0.15, -0.1) is 0 Å². The van der Waals surface area contributed by atoms with E-state index in [4.69, 9.17) is 0 Å². The molecule has 13 rings (SSSR count). The van der Waals surface area contributed by atoms with Crippen molar-refractivity contribution in [3.8, 4) is 44.5 Å². The molecule has 0 aromatic heterocycles. The average Bonchev–Trinajstić information content (AvgIpc) is 3.82. The Kier molecular flexibility index (Phi) is 7.59. The van der Waals surface area contributed by atoms with Gasteiger partial charge in [0.1, 0.15) is 0 Å². The predicted molar refractivity (Wildman–Crippen MR) is 261 cm³/mol. The predicted octanol–water partition coefficient (Wildman–Crippen LogP) is 16.3. The molecule has 0 aliphatic heterocycles. The Morgan fingerprint density at radius 3 is 1.26 bits per heavy atom. The van der Waals surface area contributed by atoms with Gasteiger partial charge in [0, 0.05) is 16.9 Å². The quantitative estimate of drug-likeness (QED) is 0.157. The first kappa shape index (κ1) is 34.8. The molecule has 0 saturated heterocycles. The molecule has 1 heteroatoms. The van der Waals surface area contributed by atoms with Gasteiger partial charge in [0.25, 0.3) is 0 Å². The Labute approximate surface area is 361 Å². The summed E-state index contributed by atoms with van der Waals surface area (Å²) >= 11 is 0. The Hall–Kier alpha value is -8.00. The molecule has 0 fully saturated rings. The lowest BCUT2D eigenvalue weighted by atomic mass is 9.70. The van der Waals surface area contributed by atoms with Gasteiger partial charge in [-0.2, -0.15) is 0 Å². The zero-order valence-electron chi connectivity index (χ0n) is 34.0. The molecule has 288 valence electrons. The maximum absolute atomic E-state index is 2.49. The molecule has 0 atom stereocenters. The number of hydrogen-bond donors (Lipinski definition) is 0. The van der Waals surface area contributed by atoms with E-state index in [1.54, 1.807) is 0 Å². The normalized spacial score (nSPS) is 13.0. The van der Waals surface area contributed by atoms with E-state index in [2.05, 4.69) is 241 Å². The summed E-state index contributed by atoms with van der Waals surface area (Å²) in [7, 11) is 0. The van der Waals surface area contributed by atoms with Crippen molar-refractivity contribution >= 4 is 49.4 Å². The summed E-state index contributed by atoms with van der Waals surface area (Å²) in [5, 5.41) is 7.60. The van der Waals surface area contributed by atoms with E-state index in [0.29, 0.717) is 0 Å². The second kappa shape index (κ2) is 13.5. The molecule has 11 aromatic rings. The Bertz CT molecular complexity index is 3500. The topological polar surface area (TPSA) is 3.24 Å². The molecule has 2 aliphatic carbocycles. The number of hydrogen-bond acceptors (Lipinski definition) is 1. The van der Waals surface area contributed by atoms with Gasteiger partial charge in [0.15, 0.2) is 0 Å². The molecule has 11 aromatic carbocycles. The highest BCUT2D eigenvalue weighted by molar-refractivity contribution is 6.26. The van der Waals surface area contributed by atoms with Crippen LogP contribution >= 0.6 is 0 Å². The van der Waals surface area contributed by atoms with Crippen LogP contribution in [-0.2, 0) is 5.41 Å². The zero-order valence-corrected chi connectivity index (χ0v) is 34.0. The van der Waals surface area contributed by atoms with Crippen LogP contribution < -0.4 is 4.90 Å². The van der Waals surface area contributed by atoms with Crippen LogP contribution in [0.1, 0.15) is 22.3 Å². The number of fused-ring (bicyclic) bond motifs is 16. The smallest absolute Gasteiger partial charge is 0.0725 e. The van der Waals surface area contributed by atoms with E-state index in [1.807, 2.05) is 0 Å². The van der Waals surface area contributed by atoms with E-state index in [0.717, 1.165) is 17.1 Å². The summed E-state index contributed by atoms with van der Waals surface area (Å²) in [5.74, 6) is 0. The standard InChI is InChI=1S/C61H39N/c1-2-16-40(17-3-1)41-30-32-42(33-31-41)45-18-11-15-29-60(45)62(43-34-36-50-48-21-5-4-19-46(48)47-20-6-7-22-49(47)54(50)38-43)44-35-37-59-55(39-44)53-25-10-14-28-58(53)61(59)56-26-12-8-23-51(56)52-24-9-13-27-57(52)61/h1-39H. The first-order valence-corrected chi connectivity index (χ1v) is 21.6. The lowest BCUT2D eigenvalue weighted by molar-refractivity contribution is 0.794. The Morgan fingerprint density at radius 2 is 0.645 bits per heavy atom. The number of nitrogens with zero attached hydrogens (tertiary/aromatic N) is 1. The van der Waals surface area contributed by atoms with E-state index in [-0.39, 0.29) is 0 Å². The molecular weight excluding hydrogens is 747 g/mol. The van der Waals surface area contributed by atoms with Crippen LogP contribution in [0, 0.1) is 0 Å². The van der Waals surface area contributed by atoms with Crippen molar-refractivity contribution in [2.45, 2.75) is 5.41 Å². The molecule has 0 radical (unpaired) electrons. The first-order chi connectivity index (χ1) is 30.8. The summed E-state index contributed by atoms with van der Waals surface area (Å²) in [6.07, 6.45) is 0. The van der Waals surface area contributed by atoms with Crippen molar-refractivity contribution in [2.75, 3.05) is 4.90 Å². The fourth-order valence-electron chi connectivity index (χ4n) is 11.1. The van der Waals surface area contributed by atoms with Crippen molar-refractivity contribution in [3.05, 3.63) is 259 Å². The van der Waals surface area contributed by atoms with Gasteiger partial charge in [-0.1, -0.05) is 206 Å². The number of para-hydroxylation sites is 1. The van der Waals surface area contributed by atoms with Crippen LogP contribution in [-0.4, -0.2) is 0 Å². The van der Waals surface area contributed by atoms with Crippen LogP contribution in [0.15, 0.2) is 237 Å². The molecule has 0 heterocycles. The molecular formula is C61H39N. The van der Waals surface area contributed by atoms with Gasteiger partial charge < -0.3 is 4.90 Å². The highest BCUT2D eigenvalue weighted by atomic mass is 15.1. The monoisotopic (exact) mass is 785 g/mol. The fraction of sp³-hybridized carbons (Fsp3) is 0.0164. The highest BCUT2D eigenvalue weighted by Crippen LogP contribution is 2.63. The maximum Gasteiger partial charge on any atom is 0.0725 e. The minimum Gasteiger partial charge on any atom is -0.310 e. The average molecular weight is 786 g/mol. The van der Waals surface area contributed by atoms with E-state index < -0.39 is 5.41 Å². The Morgan fingerprint density at radius 1 is 0.242 bits per heavy atom. The van der Waals surface area contributed by atoms with Gasteiger partial charge in [-0.05, 0) is 124 Å². The van der Waals surface area contributed by atoms with Crippen LogP contribution in [0.4, 0.5) is 17.1 Å². The van der Waals surface area contributed by atoms with Crippen LogP contribution in [0.25, 0.3) is 76.8 Å². The van der Waals surface area contributed by atoms with Gasteiger partial charge in [-0.25, -0.2) is 0 Å². The highest BCUT2D eigenvalue weighted by Gasteiger charge is 2.51. The molecule has 0 bridgehead atoms. The summed E-state index contributed by atoms with van der Waals surface area (Å²) in [4.78, 5) is 2.49. The number of benzene rings is 11. The van der Waals surface area contributed by atoms with E-state index in [9.17, 15) is 0 Å². The minimum atomic E-state index is -0.399. The van der Waals surface area contributed by atoms with Crippen molar-refractivity contribution < 1.29 is 0 Å². The summed E-state index contributed by atoms with van der Waals surface area (Å²) in [6, 6.07) is 87.8. The molecule has 0 N–H and O–H groups in total. The van der Waals surface area contributed by atoms with Crippen LogP contribution in [0.2, 0.25) is 0 Å². The first-order valence-electron chi connectivity index (χ1n) is 21.6. The van der Waals surface area contributed by atoms with Crippen molar-refractivity contribution in [1.29, 1.82) is 0 Å². The van der Waals surface area contributed by atoms with Crippen LogP contribution in [0.3, 0.4) is 0 Å².